The molecule has 6 heteroatoms. The summed E-state index contributed by atoms with van der Waals surface area (Å²) >= 11 is 0. The fourth-order valence-electron chi connectivity index (χ4n) is 0.763. The number of carbonyl (C=O) groups excluding carboxylic acids is 1. The van der Waals surface area contributed by atoms with Gasteiger partial charge in [0.15, 0.2) is 0 Å². The molecule has 0 fully saturated rings. The highest BCUT2D eigenvalue weighted by atomic mass is 32.2. The average Bonchev–Trinajstić information content (AvgIpc) is 2.03. The molecule has 1 aromatic carbocycles. The summed E-state index contributed by atoms with van der Waals surface area (Å²) in [6.07, 6.45) is 0. The molecule has 0 aromatic heterocycles. The first-order valence-electron chi connectivity index (χ1n) is 3.20. The molecule has 0 bridgehead atoms. The summed E-state index contributed by atoms with van der Waals surface area (Å²) in [5.74, 6) is -1.40. The highest BCUT2D eigenvalue weighted by Crippen LogP contribution is 2.09. The molecule has 0 heterocycles. The lowest BCUT2D eigenvalue weighted by Crippen LogP contribution is -2.22. The van der Waals surface area contributed by atoms with Crippen LogP contribution in [0.5, 0.6) is 0 Å². The number of rotatable bonds is 2. The van der Waals surface area contributed by atoms with Crippen molar-refractivity contribution in [3.8, 4) is 0 Å². The Balaban J connectivity index is 3.16. The topological polar surface area (TPSA) is 94.5 Å². The number of hydrogen-bond donors (Lipinski definition) is 1. The number of carboxylic acid groups (broad SMARTS) is 1. The molecule has 5 nitrogen and oxygen atoms in total. The summed E-state index contributed by atoms with van der Waals surface area (Å²) in [4.78, 5) is 9.89. The summed E-state index contributed by atoms with van der Waals surface area (Å²) in [6, 6.07) is 4.05. The molecule has 0 saturated carbocycles. The Morgan fingerprint density at radius 2 is 1.69 bits per heavy atom. The van der Waals surface area contributed by atoms with Gasteiger partial charge in [-0.15, -0.1) is 0 Å². The molecule has 0 spiro atoms. The number of hydrogen-bond acceptors (Lipinski definition) is 4. The van der Waals surface area contributed by atoms with Gasteiger partial charge in [-0.05, 0) is 17.7 Å². The van der Waals surface area contributed by atoms with E-state index in [0.717, 1.165) is 24.3 Å². The molecule has 0 atom stereocenters. The third-order valence-corrected chi connectivity index (χ3v) is 2.26. The van der Waals surface area contributed by atoms with Crippen LogP contribution in [0.3, 0.4) is 0 Å². The minimum atomic E-state index is -4.26. The van der Waals surface area contributed by atoms with Crippen molar-refractivity contribution in [1.29, 1.82) is 0 Å². The second-order valence-corrected chi connectivity index (χ2v) is 3.71. The number of benzene rings is 1. The molecule has 1 aromatic rings. The Hall–Kier alpha value is -1.40. The van der Waals surface area contributed by atoms with Gasteiger partial charge in [-0.1, -0.05) is 12.1 Å². The van der Waals surface area contributed by atoms with E-state index in [4.69, 9.17) is 4.55 Å². The maximum atomic E-state index is 10.5. The summed E-state index contributed by atoms with van der Waals surface area (Å²) in [5.41, 5.74) is -0.146. The number of carboxylic acids is 1. The van der Waals surface area contributed by atoms with Crippen molar-refractivity contribution in [1.82, 2.24) is 0 Å². The van der Waals surface area contributed by atoms with E-state index in [0.29, 0.717) is 0 Å². The van der Waals surface area contributed by atoms with Crippen molar-refractivity contribution < 1.29 is 22.9 Å². The molecule has 0 radical (unpaired) electrons. The normalized spacial score (nSPS) is 11.2. The van der Waals surface area contributed by atoms with Gasteiger partial charge in [0.05, 0.1) is 10.9 Å². The van der Waals surface area contributed by atoms with E-state index in [9.17, 15) is 18.3 Å². The highest BCUT2D eigenvalue weighted by molar-refractivity contribution is 7.85. The van der Waals surface area contributed by atoms with Gasteiger partial charge in [0.1, 0.15) is 0 Å². The Morgan fingerprint density at radius 3 is 2.00 bits per heavy atom. The molecule has 0 unspecified atom stereocenters. The van der Waals surface area contributed by atoms with Gasteiger partial charge in [0, 0.05) is 0 Å². The first kappa shape index (κ1) is 9.69. The first-order chi connectivity index (χ1) is 5.91. The SMILES string of the molecule is O=C([O-])c1ccc(S(=O)(=O)O)cc1. The van der Waals surface area contributed by atoms with Crippen molar-refractivity contribution in [2.75, 3.05) is 0 Å². The first-order valence-corrected chi connectivity index (χ1v) is 4.64. The van der Waals surface area contributed by atoms with Gasteiger partial charge in [-0.2, -0.15) is 8.42 Å². The fraction of sp³-hybridized carbons (Fsp3) is 0. The smallest absolute Gasteiger partial charge is 0.294 e. The molecule has 0 saturated heterocycles. The van der Waals surface area contributed by atoms with Crippen molar-refractivity contribution in [2.24, 2.45) is 0 Å². The van der Waals surface area contributed by atoms with E-state index in [-0.39, 0.29) is 10.5 Å². The van der Waals surface area contributed by atoms with Crippen LogP contribution in [0, 0.1) is 0 Å². The molecule has 13 heavy (non-hydrogen) atoms. The largest absolute Gasteiger partial charge is 0.545 e. The maximum absolute atomic E-state index is 10.5. The van der Waals surface area contributed by atoms with Crippen LogP contribution in [-0.2, 0) is 10.1 Å². The van der Waals surface area contributed by atoms with Gasteiger partial charge in [0.2, 0.25) is 0 Å². The predicted molar refractivity (Wildman–Crippen MR) is 40.6 cm³/mol. The van der Waals surface area contributed by atoms with Crippen molar-refractivity contribution >= 4 is 16.1 Å². The third-order valence-electron chi connectivity index (χ3n) is 1.39. The van der Waals surface area contributed by atoms with Gasteiger partial charge in [-0.3, -0.25) is 4.55 Å². The number of aromatic carboxylic acids is 1. The van der Waals surface area contributed by atoms with Crippen LogP contribution in [0.1, 0.15) is 10.4 Å². The average molecular weight is 201 g/mol. The molecule has 1 rings (SSSR count). The Bertz CT molecular complexity index is 417. The summed E-state index contributed by atoms with van der Waals surface area (Å²) < 4.78 is 29.5. The quantitative estimate of drug-likeness (QED) is 0.638. The van der Waals surface area contributed by atoms with Gasteiger partial charge in [-0.25, -0.2) is 0 Å². The Labute approximate surface area is 74.4 Å². The molecule has 0 aliphatic rings. The van der Waals surface area contributed by atoms with Crippen LogP contribution >= 0.6 is 0 Å². The molecule has 70 valence electrons. The van der Waals surface area contributed by atoms with Crippen LogP contribution < -0.4 is 5.11 Å². The van der Waals surface area contributed by atoms with Gasteiger partial charge < -0.3 is 9.90 Å². The van der Waals surface area contributed by atoms with E-state index < -0.39 is 16.1 Å². The van der Waals surface area contributed by atoms with Crippen LogP contribution in [0.25, 0.3) is 0 Å². The summed E-state index contributed by atoms with van der Waals surface area (Å²) in [7, 11) is -4.26. The number of carbonyl (C=O) groups is 1. The minimum Gasteiger partial charge on any atom is -0.545 e. The van der Waals surface area contributed by atoms with Crippen LogP contribution in [-0.4, -0.2) is 18.9 Å². The van der Waals surface area contributed by atoms with E-state index in [1.165, 1.54) is 0 Å². The minimum absolute atomic E-state index is 0.146. The van der Waals surface area contributed by atoms with Crippen molar-refractivity contribution in [3.63, 3.8) is 0 Å². The van der Waals surface area contributed by atoms with Crippen LogP contribution in [0.2, 0.25) is 0 Å². The Morgan fingerprint density at radius 1 is 1.23 bits per heavy atom. The van der Waals surface area contributed by atoms with E-state index >= 15 is 0 Å². The van der Waals surface area contributed by atoms with Crippen molar-refractivity contribution in [2.45, 2.75) is 4.90 Å². The second-order valence-electron chi connectivity index (χ2n) is 2.29. The highest BCUT2D eigenvalue weighted by Gasteiger charge is 2.08. The van der Waals surface area contributed by atoms with E-state index in [2.05, 4.69) is 0 Å². The molecular weight excluding hydrogens is 196 g/mol. The van der Waals surface area contributed by atoms with Crippen molar-refractivity contribution in [3.05, 3.63) is 29.8 Å². The predicted octanol–water partition coefficient (Wildman–Crippen LogP) is -0.703. The second kappa shape index (κ2) is 3.15. The lowest BCUT2D eigenvalue weighted by molar-refractivity contribution is -0.255. The molecule has 1 N–H and O–H groups in total. The molecular formula is C7H5O5S-. The van der Waals surface area contributed by atoms with Gasteiger partial charge in [0.25, 0.3) is 10.1 Å². The van der Waals surface area contributed by atoms with Gasteiger partial charge >= 0.3 is 0 Å². The lowest BCUT2D eigenvalue weighted by atomic mass is 10.2. The zero-order valence-electron chi connectivity index (χ0n) is 6.30. The van der Waals surface area contributed by atoms with Crippen LogP contribution in [0.4, 0.5) is 0 Å². The lowest BCUT2D eigenvalue weighted by Gasteiger charge is -2.01. The third kappa shape index (κ3) is 2.27. The fourth-order valence-corrected chi connectivity index (χ4v) is 1.24. The maximum Gasteiger partial charge on any atom is 0.294 e. The summed E-state index contributed by atoms with van der Waals surface area (Å²) in [5, 5.41) is 10.2. The summed E-state index contributed by atoms with van der Waals surface area (Å²) in [6.45, 7) is 0. The zero-order chi connectivity index (χ0) is 10.1. The van der Waals surface area contributed by atoms with E-state index in [1.54, 1.807) is 0 Å². The standard InChI is InChI=1S/C7H6O5S/c8-7(9)5-1-3-6(4-2-5)13(10,11)12/h1-4H,(H,8,9)(H,10,11,12)/p-1. The monoisotopic (exact) mass is 201 g/mol. The molecule has 0 aliphatic heterocycles. The Kier molecular flexibility index (Phi) is 2.35. The zero-order valence-corrected chi connectivity index (χ0v) is 7.11. The van der Waals surface area contributed by atoms with Crippen LogP contribution in [0.15, 0.2) is 29.2 Å². The van der Waals surface area contributed by atoms with E-state index in [1.807, 2.05) is 0 Å². The molecule has 0 amide bonds. The molecule has 0 aliphatic carbocycles.